The Kier molecular flexibility index (Phi) is 5.01. The van der Waals surface area contributed by atoms with E-state index in [4.69, 9.17) is 5.26 Å². The number of rotatable bonds is 3. The number of halogens is 3. The number of benzene rings is 1. The summed E-state index contributed by atoms with van der Waals surface area (Å²) in [5, 5.41) is 7.51. The summed E-state index contributed by atoms with van der Waals surface area (Å²) >= 11 is 9.78. The first-order chi connectivity index (χ1) is 7.77. The molecule has 0 fully saturated rings. The van der Waals surface area contributed by atoms with Crippen LogP contribution >= 0.6 is 47.8 Å². The van der Waals surface area contributed by atoms with Gasteiger partial charge in [0.15, 0.2) is 5.25 Å². The van der Waals surface area contributed by atoms with Gasteiger partial charge in [0.25, 0.3) is 0 Å². The summed E-state index contributed by atoms with van der Waals surface area (Å²) < 4.78 is 27.8. The van der Waals surface area contributed by atoms with Gasteiger partial charge in [-0.3, -0.25) is 4.72 Å². The Morgan fingerprint density at radius 1 is 1.29 bits per heavy atom. The standard InChI is InChI=1S/C9H7Br3N2O2S/c1-5(4-13)17(15,16)14-9-7(11)2-6(10)3-8(9)12/h2-3,5,14H,1H3. The third-order valence-electron chi connectivity index (χ3n) is 1.90. The van der Waals surface area contributed by atoms with Gasteiger partial charge < -0.3 is 0 Å². The van der Waals surface area contributed by atoms with E-state index in [-0.39, 0.29) is 0 Å². The van der Waals surface area contributed by atoms with Gasteiger partial charge in [0.05, 0.1) is 11.8 Å². The third kappa shape index (κ3) is 3.68. The van der Waals surface area contributed by atoms with Gasteiger partial charge in [-0.25, -0.2) is 8.42 Å². The number of nitrogens with one attached hydrogen (secondary N) is 1. The van der Waals surface area contributed by atoms with E-state index < -0.39 is 15.3 Å². The van der Waals surface area contributed by atoms with E-state index in [1.807, 2.05) is 0 Å². The molecule has 1 unspecified atom stereocenters. The van der Waals surface area contributed by atoms with Crippen molar-refractivity contribution < 1.29 is 8.42 Å². The molecule has 0 aromatic heterocycles. The maximum Gasteiger partial charge on any atom is 0.248 e. The van der Waals surface area contributed by atoms with Crippen molar-refractivity contribution in [2.24, 2.45) is 0 Å². The van der Waals surface area contributed by atoms with Crippen LogP contribution in [0.15, 0.2) is 25.6 Å². The zero-order chi connectivity index (χ0) is 13.2. The van der Waals surface area contributed by atoms with Gasteiger partial charge in [0, 0.05) is 13.4 Å². The number of nitriles is 1. The van der Waals surface area contributed by atoms with Gasteiger partial charge in [-0.2, -0.15) is 5.26 Å². The first-order valence-electron chi connectivity index (χ1n) is 4.33. The predicted molar refractivity (Wildman–Crippen MR) is 77.2 cm³/mol. The summed E-state index contributed by atoms with van der Waals surface area (Å²) in [5.41, 5.74) is 0.371. The van der Waals surface area contributed by atoms with Crippen LogP contribution in [0.25, 0.3) is 0 Å². The van der Waals surface area contributed by atoms with E-state index in [0.29, 0.717) is 14.6 Å². The van der Waals surface area contributed by atoms with Crippen LogP contribution in [0.3, 0.4) is 0 Å². The van der Waals surface area contributed by atoms with Crippen LogP contribution in [0, 0.1) is 11.3 Å². The fourth-order valence-corrected chi connectivity index (χ4v) is 4.48. The van der Waals surface area contributed by atoms with Crippen LogP contribution in [0.5, 0.6) is 0 Å². The van der Waals surface area contributed by atoms with E-state index >= 15 is 0 Å². The van der Waals surface area contributed by atoms with Crippen molar-refractivity contribution in [1.29, 1.82) is 5.26 Å². The Morgan fingerprint density at radius 2 is 1.76 bits per heavy atom. The lowest BCUT2D eigenvalue weighted by molar-refractivity contribution is 0.597. The lowest BCUT2D eigenvalue weighted by atomic mass is 10.3. The summed E-state index contributed by atoms with van der Waals surface area (Å²) in [6.45, 7) is 1.32. The number of nitrogens with zero attached hydrogens (tertiary/aromatic N) is 1. The van der Waals surface area contributed by atoms with Gasteiger partial charge in [-0.05, 0) is 50.9 Å². The van der Waals surface area contributed by atoms with Crippen molar-refractivity contribution >= 4 is 63.5 Å². The molecule has 0 spiro atoms. The summed E-state index contributed by atoms with van der Waals surface area (Å²) in [4.78, 5) is 0. The molecule has 0 aliphatic heterocycles. The number of hydrogen-bond donors (Lipinski definition) is 1. The molecule has 1 atom stereocenters. The highest BCUT2D eigenvalue weighted by Crippen LogP contribution is 2.35. The third-order valence-corrected chi connectivity index (χ3v) is 5.13. The molecule has 0 bridgehead atoms. The van der Waals surface area contributed by atoms with Crippen molar-refractivity contribution in [2.45, 2.75) is 12.2 Å². The maximum atomic E-state index is 11.7. The van der Waals surface area contributed by atoms with E-state index in [1.165, 1.54) is 6.92 Å². The molecule has 0 amide bonds. The Balaban J connectivity index is 3.18. The zero-order valence-corrected chi connectivity index (χ0v) is 14.1. The second-order valence-corrected chi connectivity index (χ2v) is 7.79. The quantitative estimate of drug-likeness (QED) is 0.770. The van der Waals surface area contributed by atoms with Gasteiger partial charge >= 0.3 is 0 Å². The van der Waals surface area contributed by atoms with Crippen molar-refractivity contribution in [2.75, 3.05) is 4.72 Å². The number of anilines is 1. The molecule has 0 saturated heterocycles. The summed E-state index contributed by atoms with van der Waals surface area (Å²) in [7, 11) is -3.71. The maximum absolute atomic E-state index is 11.7. The second-order valence-electron chi connectivity index (χ2n) is 3.16. The average Bonchev–Trinajstić information content (AvgIpc) is 2.22. The summed E-state index contributed by atoms with van der Waals surface area (Å²) in [5.74, 6) is 0. The monoisotopic (exact) mass is 444 g/mol. The molecular weight excluding hydrogens is 440 g/mol. The van der Waals surface area contributed by atoms with Crippen LogP contribution in [0.4, 0.5) is 5.69 Å². The summed E-state index contributed by atoms with van der Waals surface area (Å²) in [6.07, 6.45) is 0. The molecule has 1 aromatic carbocycles. The van der Waals surface area contributed by atoms with Crippen molar-refractivity contribution in [3.63, 3.8) is 0 Å². The Labute approximate surface area is 125 Å². The fourth-order valence-electron chi connectivity index (χ4n) is 0.940. The lowest BCUT2D eigenvalue weighted by Gasteiger charge is -2.13. The first-order valence-corrected chi connectivity index (χ1v) is 8.26. The normalized spacial score (nSPS) is 12.9. The minimum absolute atomic E-state index is 0.371. The van der Waals surface area contributed by atoms with E-state index in [2.05, 4.69) is 52.5 Å². The number of hydrogen-bond acceptors (Lipinski definition) is 3. The van der Waals surface area contributed by atoms with Crippen LogP contribution in [0.2, 0.25) is 0 Å². The van der Waals surface area contributed by atoms with Crippen LogP contribution in [-0.2, 0) is 10.0 Å². The minimum atomic E-state index is -3.71. The lowest BCUT2D eigenvalue weighted by Crippen LogP contribution is -2.24. The van der Waals surface area contributed by atoms with Gasteiger partial charge in [0.2, 0.25) is 10.0 Å². The zero-order valence-electron chi connectivity index (χ0n) is 8.54. The molecule has 0 heterocycles. The molecule has 8 heteroatoms. The fraction of sp³-hybridized carbons (Fsp3) is 0.222. The van der Waals surface area contributed by atoms with Crippen LogP contribution < -0.4 is 4.72 Å². The van der Waals surface area contributed by atoms with E-state index in [1.54, 1.807) is 18.2 Å². The predicted octanol–water partition coefficient (Wildman–Crippen LogP) is 3.63. The van der Waals surface area contributed by atoms with E-state index in [9.17, 15) is 8.42 Å². The van der Waals surface area contributed by atoms with Gasteiger partial charge in [-0.1, -0.05) is 15.9 Å². The van der Waals surface area contributed by atoms with Crippen molar-refractivity contribution in [3.8, 4) is 6.07 Å². The topological polar surface area (TPSA) is 70.0 Å². The van der Waals surface area contributed by atoms with E-state index in [0.717, 1.165) is 4.47 Å². The van der Waals surface area contributed by atoms with Crippen LogP contribution in [-0.4, -0.2) is 13.7 Å². The molecule has 0 radical (unpaired) electrons. The highest BCUT2D eigenvalue weighted by Gasteiger charge is 2.22. The Bertz CT molecular complexity index is 557. The Morgan fingerprint density at radius 3 is 2.18 bits per heavy atom. The van der Waals surface area contributed by atoms with Gasteiger partial charge in [0.1, 0.15) is 0 Å². The molecule has 0 aliphatic carbocycles. The van der Waals surface area contributed by atoms with Crippen molar-refractivity contribution in [1.82, 2.24) is 0 Å². The summed E-state index contributed by atoms with van der Waals surface area (Å²) in [6, 6.07) is 5.10. The smallest absolute Gasteiger partial charge is 0.248 e. The number of sulfonamides is 1. The molecular formula is C9H7Br3N2O2S. The molecule has 1 rings (SSSR count). The molecule has 4 nitrogen and oxygen atoms in total. The van der Waals surface area contributed by atoms with Crippen molar-refractivity contribution in [3.05, 3.63) is 25.6 Å². The molecule has 1 aromatic rings. The largest absolute Gasteiger partial charge is 0.280 e. The molecule has 0 saturated carbocycles. The SMILES string of the molecule is CC(C#N)S(=O)(=O)Nc1c(Br)cc(Br)cc1Br. The molecule has 92 valence electrons. The second kappa shape index (κ2) is 5.69. The minimum Gasteiger partial charge on any atom is -0.280 e. The molecule has 0 aliphatic rings. The highest BCUT2D eigenvalue weighted by atomic mass is 79.9. The molecule has 17 heavy (non-hydrogen) atoms. The van der Waals surface area contributed by atoms with Gasteiger partial charge in [-0.15, -0.1) is 0 Å². The average molecular weight is 447 g/mol. The highest BCUT2D eigenvalue weighted by molar-refractivity contribution is 9.11. The van der Waals surface area contributed by atoms with Crippen LogP contribution in [0.1, 0.15) is 6.92 Å². The first kappa shape index (κ1) is 15.0. The Hall–Kier alpha value is -0.100. The molecule has 1 N–H and O–H groups in total.